The highest BCUT2D eigenvalue weighted by molar-refractivity contribution is 6.30. The van der Waals surface area contributed by atoms with Crippen molar-refractivity contribution in [2.24, 2.45) is 11.0 Å². The number of β-amino-alcohol motifs (C(OH)–C–C–N with tert-alkyl or cyclic N) is 1. The highest BCUT2D eigenvalue weighted by atomic mass is 35.5. The Kier molecular flexibility index (Phi) is 3.83. The van der Waals surface area contributed by atoms with Gasteiger partial charge in [0.05, 0.1) is 24.9 Å². The van der Waals surface area contributed by atoms with Gasteiger partial charge in [-0.15, -0.1) is 0 Å². The lowest BCUT2D eigenvalue weighted by molar-refractivity contribution is 0.152. The van der Waals surface area contributed by atoms with E-state index in [4.69, 9.17) is 16.7 Å². The minimum absolute atomic E-state index is 0.106. The molecule has 2 aromatic rings. The minimum Gasteiger partial charge on any atom is -0.394 e. The molecule has 118 valence electrons. The summed E-state index contributed by atoms with van der Waals surface area (Å²) in [7, 11) is 0. The summed E-state index contributed by atoms with van der Waals surface area (Å²) in [6.07, 6.45) is 2.17. The Labute approximate surface area is 141 Å². The maximum absolute atomic E-state index is 9.43. The van der Waals surface area contributed by atoms with Crippen LogP contribution in [0.25, 0.3) is 0 Å². The number of aryl methyl sites for hydroxylation is 1. The summed E-state index contributed by atoms with van der Waals surface area (Å²) in [5.41, 5.74) is 5.03. The number of rotatable bonds is 3. The van der Waals surface area contributed by atoms with Crippen molar-refractivity contribution in [1.29, 1.82) is 0 Å². The lowest BCUT2D eigenvalue weighted by Crippen LogP contribution is -2.30. The van der Waals surface area contributed by atoms with E-state index < -0.39 is 0 Å². The van der Waals surface area contributed by atoms with Crippen molar-refractivity contribution in [2.75, 3.05) is 13.2 Å². The van der Waals surface area contributed by atoms with Crippen LogP contribution in [0.1, 0.15) is 29.2 Å². The van der Waals surface area contributed by atoms with Crippen molar-refractivity contribution in [3.63, 3.8) is 0 Å². The maximum Gasteiger partial charge on any atom is 0.0805 e. The lowest BCUT2D eigenvalue weighted by Gasteiger charge is -2.30. The molecule has 0 fully saturated rings. The number of nitrogens with zero attached hydrogens (tertiary/aromatic N) is 2. The summed E-state index contributed by atoms with van der Waals surface area (Å²) in [4.78, 5) is 0. The molecule has 0 spiro atoms. The predicted octanol–water partition coefficient (Wildman–Crippen LogP) is 3.66. The number of hydrazone groups is 1. The van der Waals surface area contributed by atoms with E-state index in [0.29, 0.717) is 12.5 Å². The number of hydrogen-bond donors (Lipinski definition) is 1. The number of halogens is 1. The van der Waals surface area contributed by atoms with Crippen LogP contribution in [0.2, 0.25) is 5.02 Å². The van der Waals surface area contributed by atoms with E-state index in [1.807, 2.05) is 17.1 Å². The van der Waals surface area contributed by atoms with Crippen LogP contribution in [-0.2, 0) is 6.42 Å². The fourth-order valence-corrected chi connectivity index (χ4v) is 3.96. The molecule has 0 aromatic heterocycles. The largest absolute Gasteiger partial charge is 0.394 e. The maximum atomic E-state index is 9.43. The summed E-state index contributed by atoms with van der Waals surface area (Å²) in [5, 5.41) is 17.1. The smallest absolute Gasteiger partial charge is 0.0805 e. The monoisotopic (exact) mass is 326 g/mol. The molecule has 1 aliphatic carbocycles. The Balaban J connectivity index is 1.75. The van der Waals surface area contributed by atoms with E-state index in [-0.39, 0.29) is 12.6 Å². The van der Waals surface area contributed by atoms with Crippen LogP contribution in [-0.4, -0.2) is 29.0 Å². The Morgan fingerprint density at radius 3 is 2.70 bits per heavy atom. The van der Waals surface area contributed by atoms with Gasteiger partial charge >= 0.3 is 0 Å². The van der Waals surface area contributed by atoms with Crippen LogP contribution in [0.5, 0.6) is 0 Å². The van der Waals surface area contributed by atoms with E-state index >= 15 is 0 Å². The van der Waals surface area contributed by atoms with E-state index in [0.717, 1.165) is 17.9 Å². The highest BCUT2D eigenvalue weighted by Gasteiger charge is 2.40. The van der Waals surface area contributed by atoms with Crippen molar-refractivity contribution in [1.82, 2.24) is 5.01 Å². The second-order valence-corrected chi connectivity index (χ2v) is 6.61. The summed E-state index contributed by atoms with van der Waals surface area (Å²) >= 11 is 6.04. The molecule has 0 radical (unpaired) electrons. The lowest BCUT2D eigenvalue weighted by atomic mass is 9.77. The molecule has 3 nitrogen and oxygen atoms in total. The first kappa shape index (κ1) is 14.7. The highest BCUT2D eigenvalue weighted by Crippen LogP contribution is 2.43. The van der Waals surface area contributed by atoms with Gasteiger partial charge in [0, 0.05) is 16.5 Å². The van der Waals surface area contributed by atoms with Crippen LogP contribution in [0.3, 0.4) is 0 Å². The normalized spacial score (nSPS) is 22.5. The average molecular weight is 327 g/mol. The molecule has 1 aliphatic heterocycles. The Hall–Kier alpha value is -1.84. The van der Waals surface area contributed by atoms with Gasteiger partial charge in [-0.1, -0.05) is 48.0 Å². The molecule has 0 bridgehead atoms. The average Bonchev–Trinajstić information content (AvgIpc) is 2.95. The summed E-state index contributed by atoms with van der Waals surface area (Å²) in [6.45, 7) is 0.657. The molecule has 4 heteroatoms. The fraction of sp³-hybridized carbons (Fsp3) is 0.316. The fourth-order valence-electron chi connectivity index (χ4n) is 3.84. The third-order valence-corrected chi connectivity index (χ3v) is 5.10. The van der Waals surface area contributed by atoms with Gasteiger partial charge < -0.3 is 5.11 Å². The van der Waals surface area contributed by atoms with E-state index in [2.05, 4.69) is 36.4 Å². The third-order valence-electron chi connectivity index (χ3n) is 4.85. The van der Waals surface area contributed by atoms with E-state index in [1.165, 1.54) is 22.4 Å². The van der Waals surface area contributed by atoms with Gasteiger partial charge in [-0.3, -0.25) is 5.01 Å². The van der Waals surface area contributed by atoms with Gasteiger partial charge in [-0.05, 0) is 36.1 Å². The summed E-state index contributed by atoms with van der Waals surface area (Å²) < 4.78 is 0. The van der Waals surface area contributed by atoms with Crippen molar-refractivity contribution < 1.29 is 5.11 Å². The number of fused-ring (bicyclic) bond motifs is 3. The molecule has 1 heterocycles. The second kappa shape index (κ2) is 5.99. The summed E-state index contributed by atoms with van der Waals surface area (Å²) in [5.74, 6) is 0.373. The van der Waals surface area contributed by atoms with Crippen molar-refractivity contribution >= 4 is 17.3 Å². The first-order chi connectivity index (χ1) is 11.3. The standard InChI is InChI=1S/C19H19ClN2O/c20-15-8-5-14(6-9-15)19-17-10-7-13-3-1-2-4-16(13)18(17)21-22(19)11-12-23/h1-6,8-9,17,19,23H,7,10-12H2. The SMILES string of the molecule is OCCN1N=C2c3ccccc3CCC2C1c1ccc(Cl)cc1. The topological polar surface area (TPSA) is 35.8 Å². The first-order valence-electron chi connectivity index (χ1n) is 8.07. The zero-order chi connectivity index (χ0) is 15.8. The molecular weight excluding hydrogens is 308 g/mol. The molecular formula is C19H19ClN2O. The Morgan fingerprint density at radius 1 is 1.13 bits per heavy atom. The molecule has 23 heavy (non-hydrogen) atoms. The molecule has 0 saturated carbocycles. The molecule has 2 unspecified atom stereocenters. The molecule has 2 atom stereocenters. The van der Waals surface area contributed by atoms with Gasteiger partial charge in [-0.25, -0.2) is 0 Å². The molecule has 4 rings (SSSR count). The van der Waals surface area contributed by atoms with Gasteiger partial charge in [0.2, 0.25) is 0 Å². The van der Waals surface area contributed by atoms with Crippen LogP contribution < -0.4 is 0 Å². The second-order valence-electron chi connectivity index (χ2n) is 6.17. The zero-order valence-corrected chi connectivity index (χ0v) is 13.6. The first-order valence-corrected chi connectivity index (χ1v) is 8.45. The minimum atomic E-state index is 0.106. The van der Waals surface area contributed by atoms with E-state index in [1.54, 1.807) is 0 Å². The van der Waals surface area contributed by atoms with Gasteiger partial charge in [0.25, 0.3) is 0 Å². The molecule has 1 N–H and O–H groups in total. The van der Waals surface area contributed by atoms with E-state index in [9.17, 15) is 5.11 Å². The molecule has 0 saturated heterocycles. The third kappa shape index (κ3) is 2.54. The quantitative estimate of drug-likeness (QED) is 0.934. The van der Waals surface area contributed by atoms with Crippen LogP contribution in [0.4, 0.5) is 0 Å². The zero-order valence-electron chi connectivity index (χ0n) is 12.8. The van der Waals surface area contributed by atoms with Crippen LogP contribution in [0, 0.1) is 5.92 Å². The van der Waals surface area contributed by atoms with Gasteiger partial charge in [-0.2, -0.15) is 5.10 Å². The number of aliphatic hydroxyl groups is 1. The number of benzene rings is 2. The number of hydrogen-bond acceptors (Lipinski definition) is 3. The van der Waals surface area contributed by atoms with Crippen LogP contribution >= 0.6 is 11.6 Å². The molecule has 2 aromatic carbocycles. The van der Waals surface area contributed by atoms with Crippen molar-refractivity contribution in [2.45, 2.75) is 18.9 Å². The number of aliphatic hydroxyl groups excluding tert-OH is 1. The van der Waals surface area contributed by atoms with Crippen molar-refractivity contribution in [3.05, 3.63) is 70.2 Å². The molecule has 0 amide bonds. The van der Waals surface area contributed by atoms with Crippen molar-refractivity contribution in [3.8, 4) is 0 Å². The summed E-state index contributed by atoms with van der Waals surface area (Å²) in [6, 6.07) is 16.7. The predicted molar refractivity (Wildman–Crippen MR) is 92.8 cm³/mol. The van der Waals surface area contributed by atoms with Crippen LogP contribution in [0.15, 0.2) is 53.6 Å². The Bertz CT molecular complexity index is 741. The Morgan fingerprint density at radius 2 is 1.91 bits per heavy atom. The van der Waals surface area contributed by atoms with Gasteiger partial charge in [0.15, 0.2) is 0 Å². The van der Waals surface area contributed by atoms with Gasteiger partial charge in [0.1, 0.15) is 0 Å². The molecule has 2 aliphatic rings.